The highest BCUT2D eigenvalue weighted by Crippen LogP contribution is 2.16. The lowest BCUT2D eigenvalue weighted by atomic mass is 10.0. The fourth-order valence-electron chi connectivity index (χ4n) is 1.87. The van der Waals surface area contributed by atoms with E-state index in [2.05, 4.69) is 28.9 Å². The second-order valence-corrected chi connectivity index (χ2v) is 4.96. The number of allylic oxidation sites excluding steroid dienone is 1. The van der Waals surface area contributed by atoms with E-state index >= 15 is 0 Å². The molecule has 2 unspecified atom stereocenters. The first-order valence-corrected chi connectivity index (χ1v) is 6.76. The van der Waals surface area contributed by atoms with E-state index in [-0.39, 0.29) is 17.9 Å². The molecule has 0 fully saturated rings. The Kier molecular flexibility index (Phi) is 5.30. The van der Waals surface area contributed by atoms with Crippen LogP contribution in [0.2, 0.25) is 0 Å². The summed E-state index contributed by atoms with van der Waals surface area (Å²) in [6.45, 7) is 0.239. The smallest absolute Gasteiger partial charge is 0.315 e. The molecule has 0 heterocycles. The van der Waals surface area contributed by atoms with E-state index in [4.69, 9.17) is 4.89 Å². The van der Waals surface area contributed by atoms with E-state index in [1.54, 1.807) is 0 Å². The summed E-state index contributed by atoms with van der Waals surface area (Å²) in [4.78, 5) is 21.1. The summed E-state index contributed by atoms with van der Waals surface area (Å²) in [5, 5.41) is 2.76. The van der Waals surface area contributed by atoms with Crippen LogP contribution in [-0.4, -0.2) is 17.4 Å². The van der Waals surface area contributed by atoms with Crippen LogP contribution in [0.5, 0.6) is 0 Å². The number of amides is 1. The summed E-state index contributed by atoms with van der Waals surface area (Å²) in [6.07, 6.45) is 5.26. The Morgan fingerprint density at radius 2 is 2.16 bits per heavy atom. The van der Waals surface area contributed by atoms with Crippen LogP contribution in [0.4, 0.5) is 4.79 Å². The average molecular weight is 279 g/mol. The number of rotatable bonds is 4. The monoisotopic (exact) mass is 279 g/mol. The zero-order valence-electron chi connectivity index (χ0n) is 10.5. The molecule has 2 atom stereocenters. The van der Waals surface area contributed by atoms with Crippen molar-refractivity contribution in [1.82, 2.24) is 5.32 Å². The summed E-state index contributed by atoms with van der Waals surface area (Å²) < 4.78 is 0. The van der Waals surface area contributed by atoms with Gasteiger partial charge in [0.25, 0.3) is 0 Å². The van der Waals surface area contributed by atoms with Gasteiger partial charge in [-0.2, -0.15) is 17.5 Å². The van der Waals surface area contributed by atoms with Gasteiger partial charge in [-0.25, -0.2) is 4.79 Å². The third-order valence-corrected chi connectivity index (χ3v) is 3.43. The maximum atomic E-state index is 11.5. The van der Waals surface area contributed by atoms with Gasteiger partial charge in [0.15, 0.2) is 0 Å². The van der Waals surface area contributed by atoms with Crippen molar-refractivity contribution in [2.45, 2.75) is 30.7 Å². The predicted molar refractivity (Wildman–Crippen MR) is 75.8 cm³/mol. The van der Waals surface area contributed by atoms with Crippen LogP contribution in [0.15, 0.2) is 42.5 Å². The summed E-state index contributed by atoms with van der Waals surface area (Å²) in [7, 11) is 0. The third kappa shape index (κ3) is 4.61. The normalized spacial score (nSPS) is 21.9. The van der Waals surface area contributed by atoms with Crippen molar-refractivity contribution in [3.8, 4) is 0 Å². The highest BCUT2D eigenvalue weighted by Gasteiger charge is 2.21. The van der Waals surface area contributed by atoms with Crippen LogP contribution in [0.1, 0.15) is 18.4 Å². The highest BCUT2D eigenvalue weighted by atomic mass is 32.1. The second kappa shape index (κ2) is 7.21. The lowest BCUT2D eigenvalue weighted by Crippen LogP contribution is -2.41. The van der Waals surface area contributed by atoms with E-state index in [1.807, 2.05) is 36.4 Å². The van der Waals surface area contributed by atoms with Crippen LogP contribution >= 0.6 is 12.6 Å². The molecule has 0 radical (unpaired) electrons. The van der Waals surface area contributed by atoms with E-state index < -0.39 is 6.09 Å². The van der Waals surface area contributed by atoms with Crippen molar-refractivity contribution in [3.63, 3.8) is 0 Å². The first-order chi connectivity index (χ1) is 9.25. The molecule has 0 saturated heterocycles. The van der Waals surface area contributed by atoms with Gasteiger partial charge in [0.05, 0.1) is 0 Å². The Bertz CT molecular complexity index is 436. The van der Waals surface area contributed by atoms with E-state index in [1.165, 1.54) is 0 Å². The standard InChI is InChI=1S/C14H17NO3S/c16-14(15-12-8-4-5-9-13(12)19)18-17-10-11-6-2-1-3-7-11/h1-3,5-7,9,12-13,19H,4,8,10H2,(H,15,16). The van der Waals surface area contributed by atoms with Gasteiger partial charge in [0, 0.05) is 11.3 Å². The van der Waals surface area contributed by atoms with Gasteiger partial charge in [0.1, 0.15) is 6.61 Å². The number of nitrogens with one attached hydrogen (secondary N) is 1. The fourth-order valence-corrected chi connectivity index (χ4v) is 2.22. The van der Waals surface area contributed by atoms with Crippen LogP contribution in [0, 0.1) is 0 Å². The first-order valence-electron chi connectivity index (χ1n) is 6.24. The lowest BCUT2D eigenvalue weighted by Gasteiger charge is -2.24. The van der Waals surface area contributed by atoms with Crippen molar-refractivity contribution in [2.75, 3.05) is 0 Å². The number of thiol groups is 1. The van der Waals surface area contributed by atoms with Gasteiger partial charge in [-0.15, -0.1) is 0 Å². The summed E-state index contributed by atoms with van der Waals surface area (Å²) in [5.41, 5.74) is 0.947. The minimum Gasteiger partial charge on any atom is -0.315 e. The molecule has 4 nitrogen and oxygen atoms in total. The SMILES string of the molecule is O=C(NC1CCC=CC1S)OOCc1ccccc1. The number of carbonyl (C=O) groups is 1. The molecule has 0 spiro atoms. The van der Waals surface area contributed by atoms with Gasteiger partial charge in [-0.3, -0.25) is 4.89 Å². The molecule has 1 aromatic carbocycles. The van der Waals surface area contributed by atoms with Crippen molar-refractivity contribution in [2.24, 2.45) is 0 Å². The van der Waals surface area contributed by atoms with Gasteiger partial charge in [-0.1, -0.05) is 42.5 Å². The molecule has 0 bridgehead atoms. The van der Waals surface area contributed by atoms with E-state index in [0.29, 0.717) is 0 Å². The quantitative estimate of drug-likeness (QED) is 0.385. The van der Waals surface area contributed by atoms with Gasteiger partial charge < -0.3 is 5.32 Å². The third-order valence-electron chi connectivity index (χ3n) is 2.90. The molecular weight excluding hydrogens is 262 g/mol. The van der Waals surface area contributed by atoms with Crippen molar-refractivity contribution in [3.05, 3.63) is 48.0 Å². The average Bonchev–Trinajstić information content (AvgIpc) is 2.43. The zero-order valence-corrected chi connectivity index (χ0v) is 11.4. The molecule has 2 rings (SSSR count). The molecule has 0 saturated carbocycles. The fraction of sp³-hybridized carbons (Fsp3) is 0.357. The highest BCUT2D eigenvalue weighted by molar-refractivity contribution is 7.81. The van der Waals surface area contributed by atoms with E-state index in [0.717, 1.165) is 18.4 Å². The zero-order chi connectivity index (χ0) is 13.5. The molecule has 0 aliphatic heterocycles. The number of hydrogen-bond donors (Lipinski definition) is 2. The predicted octanol–water partition coefficient (Wildman–Crippen LogP) is 2.86. The first kappa shape index (κ1) is 14.0. The van der Waals surface area contributed by atoms with E-state index in [9.17, 15) is 4.79 Å². The molecule has 19 heavy (non-hydrogen) atoms. The van der Waals surface area contributed by atoms with Crippen LogP contribution in [-0.2, 0) is 16.4 Å². The summed E-state index contributed by atoms with van der Waals surface area (Å²) >= 11 is 4.38. The minimum atomic E-state index is -0.574. The molecule has 1 N–H and O–H groups in total. The molecule has 1 aliphatic carbocycles. The summed E-state index contributed by atoms with van der Waals surface area (Å²) in [5.74, 6) is 0. The lowest BCUT2D eigenvalue weighted by molar-refractivity contribution is -0.249. The summed E-state index contributed by atoms with van der Waals surface area (Å²) in [6, 6.07) is 9.51. The van der Waals surface area contributed by atoms with Crippen molar-refractivity contribution in [1.29, 1.82) is 0 Å². The van der Waals surface area contributed by atoms with Crippen LogP contribution in [0.3, 0.4) is 0 Å². The number of benzene rings is 1. The molecule has 0 aromatic heterocycles. The Morgan fingerprint density at radius 1 is 1.37 bits per heavy atom. The Morgan fingerprint density at radius 3 is 2.89 bits per heavy atom. The van der Waals surface area contributed by atoms with Crippen molar-refractivity contribution < 1.29 is 14.6 Å². The van der Waals surface area contributed by atoms with Gasteiger partial charge >= 0.3 is 6.09 Å². The maximum absolute atomic E-state index is 11.5. The number of carbonyl (C=O) groups excluding carboxylic acids is 1. The van der Waals surface area contributed by atoms with Crippen molar-refractivity contribution >= 4 is 18.7 Å². The van der Waals surface area contributed by atoms with Gasteiger partial charge in [0.2, 0.25) is 0 Å². The molecule has 5 heteroatoms. The molecular formula is C14H17NO3S. The largest absolute Gasteiger partial charge is 0.438 e. The Labute approximate surface area is 118 Å². The number of hydrogen-bond acceptors (Lipinski definition) is 4. The second-order valence-electron chi connectivity index (χ2n) is 4.37. The minimum absolute atomic E-state index is 0.0128. The van der Waals surface area contributed by atoms with Crippen LogP contribution in [0.25, 0.3) is 0 Å². The maximum Gasteiger partial charge on any atom is 0.438 e. The van der Waals surface area contributed by atoms with Gasteiger partial charge in [-0.05, 0) is 18.4 Å². The molecule has 1 amide bonds. The molecule has 1 aliphatic rings. The topological polar surface area (TPSA) is 47.6 Å². The molecule has 102 valence electrons. The Hall–Kier alpha value is -1.46. The Balaban J connectivity index is 1.69. The molecule has 1 aromatic rings. The van der Waals surface area contributed by atoms with Crippen LogP contribution < -0.4 is 5.32 Å².